The van der Waals surface area contributed by atoms with Gasteiger partial charge < -0.3 is 0 Å². The van der Waals surface area contributed by atoms with Crippen LogP contribution in [0.1, 0.15) is 10.4 Å². The monoisotopic (exact) mass is 227 g/mol. The maximum atomic E-state index is 12.3. The normalized spacial score (nSPS) is 11.6. The fourth-order valence-corrected chi connectivity index (χ4v) is 2.12. The Morgan fingerprint density at radius 1 is 1.20 bits per heavy atom. The summed E-state index contributed by atoms with van der Waals surface area (Å²) in [5.74, 6) is 0. The van der Waals surface area contributed by atoms with Gasteiger partial charge >= 0.3 is 6.18 Å². The van der Waals surface area contributed by atoms with Crippen molar-refractivity contribution in [3.63, 3.8) is 0 Å². The van der Waals surface area contributed by atoms with Crippen LogP contribution in [0.3, 0.4) is 0 Å². The molecule has 0 aliphatic carbocycles. The third-order valence-corrected chi connectivity index (χ3v) is 2.97. The minimum absolute atomic E-state index is 0.421. The van der Waals surface area contributed by atoms with E-state index in [1.54, 1.807) is 0 Å². The zero-order valence-corrected chi connectivity index (χ0v) is 8.12. The maximum absolute atomic E-state index is 12.3. The molecule has 0 amide bonds. The number of fused-ring (bicyclic) bond motifs is 1. The van der Waals surface area contributed by atoms with E-state index >= 15 is 0 Å². The van der Waals surface area contributed by atoms with Gasteiger partial charge in [-0.1, -0.05) is 0 Å². The van der Waals surface area contributed by atoms with E-state index in [1.165, 1.54) is 23.5 Å². The summed E-state index contributed by atoms with van der Waals surface area (Å²) in [4.78, 5) is 0.421. The molecule has 1 heterocycles. The largest absolute Gasteiger partial charge is 0.416 e. The van der Waals surface area contributed by atoms with Crippen LogP contribution in [0.2, 0.25) is 0 Å². The number of rotatable bonds is 0. The molecule has 1 aromatic carbocycles. The summed E-state index contributed by atoms with van der Waals surface area (Å²) in [6.45, 7) is 0. The number of hydrogen-bond donors (Lipinski definition) is 0. The molecular weight excluding hydrogens is 223 g/mol. The number of halogens is 3. The summed E-state index contributed by atoms with van der Waals surface area (Å²) in [7, 11) is 0. The van der Waals surface area contributed by atoms with Crippen molar-refractivity contribution in [2.24, 2.45) is 0 Å². The van der Waals surface area contributed by atoms with Crippen LogP contribution in [-0.4, -0.2) is 0 Å². The van der Waals surface area contributed by atoms with Crippen molar-refractivity contribution in [1.82, 2.24) is 0 Å². The van der Waals surface area contributed by atoms with Gasteiger partial charge in [0.25, 0.3) is 0 Å². The van der Waals surface area contributed by atoms with Gasteiger partial charge in [0.1, 0.15) is 10.9 Å². The Morgan fingerprint density at radius 3 is 2.53 bits per heavy atom. The number of nitriles is 1. The van der Waals surface area contributed by atoms with Crippen LogP contribution < -0.4 is 0 Å². The van der Waals surface area contributed by atoms with Gasteiger partial charge in [0.05, 0.1) is 5.56 Å². The highest BCUT2D eigenvalue weighted by Crippen LogP contribution is 2.33. The molecule has 0 unspecified atom stereocenters. The predicted molar refractivity (Wildman–Crippen MR) is 51.5 cm³/mol. The second-order valence-electron chi connectivity index (χ2n) is 2.97. The number of nitrogens with zero attached hydrogens (tertiary/aromatic N) is 1. The third kappa shape index (κ3) is 1.81. The van der Waals surface area contributed by atoms with Gasteiger partial charge in [-0.05, 0) is 29.7 Å². The van der Waals surface area contributed by atoms with E-state index in [-0.39, 0.29) is 0 Å². The van der Waals surface area contributed by atoms with Gasteiger partial charge in [-0.15, -0.1) is 11.3 Å². The van der Waals surface area contributed by atoms with Gasteiger partial charge in [0.2, 0.25) is 0 Å². The van der Waals surface area contributed by atoms with E-state index < -0.39 is 11.7 Å². The molecular formula is C10H4F3NS. The summed E-state index contributed by atoms with van der Waals surface area (Å²) in [5.41, 5.74) is -0.683. The van der Waals surface area contributed by atoms with Crippen molar-refractivity contribution in [3.8, 4) is 6.07 Å². The molecule has 0 saturated carbocycles. The van der Waals surface area contributed by atoms with Gasteiger partial charge in [0, 0.05) is 4.70 Å². The summed E-state index contributed by atoms with van der Waals surface area (Å²) in [6.07, 6.45) is -4.33. The molecule has 0 aliphatic heterocycles. The Bertz CT molecular complexity index is 548. The summed E-state index contributed by atoms with van der Waals surface area (Å²) < 4.78 is 37.7. The van der Waals surface area contributed by atoms with E-state index in [0.717, 1.165) is 12.1 Å². The molecule has 0 aliphatic rings. The van der Waals surface area contributed by atoms with E-state index in [1.807, 2.05) is 6.07 Å². The zero-order valence-electron chi connectivity index (χ0n) is 7.30. The molecule has 0 atom stereocenters. The highest BCUT2D eigenvalue weighted by Gasteiger charge is 2.30. The Kier molecular flexibility index (Phi) is 2.16. The minimum atomic E-state index is -4.33. The average molecular weight is 227 g/mol. The molecule has 2 rings (SSSR count). The van der Waals surface area contributed by atoms with E-state index in [2.05, 4.69) is 0 Å². The van der Waals surface area contributed by atoms with Crippen molar-refractivity contribution >= 4 is 21.4 Å². The molecule has 0 saturated heterocycles. The van der Waals surface area contributed by atoms with Crippen molar-refractivity contribution in [2.75, 3.05) is 0 Å². The molecule has 0 radical (unpaired) electrons. The molecule has 0 N–H and O–H groups in total. The molecule has 2 aromatic rings. The van der Waals surface area contributed by atoms with Gasteiger partial charge in [-0.3, -0.25) is 0 Å². The third-order valence-electron chi connectivity index (χ3n) is 1.95. The molecule has 0 fully saturated rings. The fraction of sp³-hybridized carbons (Fsp3) is 0.100. The van der Waals surface area contributed by atoms with E-state index in [9.17, 15) is 13.2 Å². The Labute approximate surface area is 87.4 Å². The quantitative estimate of drug-likeness (QED) is 0.671. The Hall–Kier alpha value is -1.54. The molecule has 76 valence electrons. The topological polar surface area (TPSA) is 23.8 Å². The van der Waals surface area contributed by atoms with E-state index in [0.29, 0.717) is 15.0 Å². The van der Waals surface area contributed by atoms with Crippen molar-refractivity contribution in [1.29, 1.82) is 5.26 Å². The first-order valence-corrected chi connectivity index (χ1v) is 4.83. The number of hydrogen-bond acceptors (Lipinski definition) is 2. The number of alkyl halides is 3. The lowest BCUT2D eigenvalue weighted by molar-refractivity contribution is -0.137. The van der Waals surface area contributed by atoms with Gasteiger partial charge in [0.15, 0.2) is 0 Å². The van der Waals surface area contributed by atoms with Crippen LogP contribution in [-0.2, 0) is 6.18 Å². The molecule has 1 aromatic heterocycles. The summed E-state index contributed by atoms with van der Waals surface area (Å²) in [6, 6.07) is 6.86. The molecule has 15 heavy (non-hydrogen) atoms. The van der Waals surface area contributed by atoms with E-state index in [4.69, 9.17) is 5.26 Å². The zero-order chi connectivity index (χ0) is 11.1. The van der Waals surface area contributed by atoms with Crippen LogP contribution in [0, 0.1) is 11.3 Å². The number of thiophene rings is 1. The Morgan fingerprint density at radius 2 is 1.93 bits per heavy atom. The summed E-state index contributed by atoms with van der Waals surface area (Å²) in [5, 5.41) is 9.07. The standard InChI is InChI=1S/C10H4F3NS/c11-10(12,13)7-1-2-9-6(3-7)4-8(5-14)15-9/h1-4H. The average Bonchev–Trinajstić information content (AvgIpc) is 2.57. The van der Waals surface area contributed by atoms with Crippen LogP contribution in [0.15, 0.2) is 24.3 Å². The second-order valence-corrected chi connectivity index (χ2v) is 4.06. The highest BCUT2D eigenvalue weighted by molar-refractivity contribution is 7.19. The summed E-state index contributed by atoms with van der Waals surface area (Å²) >= 11 is 1.19. The Balaban J connectivity index is 2.62. The second kappa shape index (κ2) is 3.24. The number of benzene rings is 1. The van der Waals surface area contributed by atoms with Crippen LogP contribution in [0.5, 0.6) is 0 Å². The van der Waals surface area contributed by atoms with Gasteiger partial charge in [-0.2, -0.15) is 18.4 Å². The molecule has 0 spiro atoms. The smallest absolute Gasteiger partial charge is 0.192 e. The lowest BCUT2D eigenvalue weighted by Gasteiger charge is -2.05. The highest BCUT2D eigenvalue weighted by atomic mass is 32.1. The van der Waals surface area contributed by atoms with Crippen molar-refractivity contribution in [3.05, 3.63) is 34.7 Å². The van der Waals surface area contributed by atoms with Crippen LogP contribution in [0.25, 0.3) is 10.1 Å². The lowest BCUT2D eigenvalue weighted by Crippen LogP contribution is -2.03. The minimum Gasteiger partial charge on any atom is -0.192 e. The molecule has 1 nitrogen and oxygen atoms in total. The van der Waals surface area contributed by atoms with Crippen LogP contribution in [0.4, 0.5) is 13.2 Å². The first kappa shape index (κ1) is 9.99. The first-order chi connectivity index (χ1) is 7.00. The molecule has 5 heteroatoms. The fourth-order valence-electron chi connectivity index (χ4n) is 1.27. The van der Waals surface area contributed by atoms with Crippen molar-refractivity contribution in [2.45, 2.75) is 6.18 Å². The molecule has 0 bridgehead atoms. The van der Waals surface area contributed by atoms with Crippen molar-refractivity contribution < 1.29 is 13.2 Å². The SMILES string of the molecule is N#Cc1cc2cc(C(F)(F)F)ccc2s1. The lowest BCUT2D eigenvalue weighted by atomic mass is 10.1. The maximum Gasteiger partial charge on any atom is 0.416 e. The van der Waals surface area contributed by atoms with Crippen LogP contribution >= 0.6 is 11.3 Å². The van der Waals surface area contributed by atoms with Gasteiger partial charge in [-0.25, -0.2) is 0 Å². The predicted octanol–water partition coefficient (Wildman–Crippen LogP) is 3.79. The first-order valence-electron chi connectivity index (χ1n) is 4.01.